The Morgan fingerprint density at radius 1 is 1.04 bits per heavy atom. The van der Waals surface area contributed by atoms with Gasteiger partial charge in [0.2, 0.25) is 11.8 Å². The minimum atomic E-state index is -0.618. The molecule has 6 nitrogen and oxygen atoms in total. The highest BCUT2D eigenvalue weighted by Crippen LogP contribution is 2.28. The van der Waals surface area contributed by atoms with Gasteiger partial charge in [0.25, 0.3) is 5.91 Å². The van der Waals surface area contributed by atoms with Crippen LogP contribution in [-0.2, 0) is 9.59 Å². The highest BCUT2D eigenvalue weighted by Gasteiger charge is 2.29. The number of amides is 3. The summed E-state index contributed by atoms with van der Waals surface area (Å²) in [5, 5.41) is 8.37. The molecule has 1 aliphatic carbocycles. The first-order valence-electron chi connectivity index (χ1n) is 8.81. The van der Waals surface area contributed by atoms with Crippen molar-refractivity contribution in [2.24, 2.45) is 11.8 Å². The number of carbonyl (C=O) groups is 3. The molecule has 0 aliphatic heterocycles. The zero-order chi connectivity index (χ0) is 18.4. The molecule has 1 saturated carbocycles. The molecule has 0 saturated heterocycles. The topological polar surface area (TPSA) is 87.3 Å². The van der Waals surface area contributed by atoms with Crippen LogP contribution in [0.1, 0.15) is 42.6 Å². The van der Waals surface area contributed by atoms with Gasteiger partial charge >= 0.3 is 0 Å². The fourth-order valence-electron chi connectivity index (χ4n) is 2.44. The Balaban J connectivity index is 1.81. The van der Waals surface area contributed by atoms with Crippen molar-refractivity contribution >= 4 is 17.7 Å². The molecular formula is C19H27N3O3. The van der Waals surface area contributed by atoms with Crippen LogP contribution in [0.4, 0.5) is 0 Å². The molecule has 1 fully saturated rings. The van der Waals surface area contributed by atoms with Crippen molar-refractivity contribution in [3.8, 4) is 0 Å². The van der Waals surface area contributed by atoms with Gasteiger partial charge in [-0.05, 0) is 37.8 Å². The van der Waals surface area contributed by atoms with Gasteiger partial charge in [-0.15, -0.1) is 0 Å². The summed E-state index contributed by atoms with van der Waals surface area (Å²) in [6, 6.07) is 6.60. The minimum Gasteiger partial charge on any atom is -0.354 e. The van der Waals surface area contributed by atoms with E-state index in [1.54, 1.807) is 12.1 Å². The third-order valence-electron chi connectivity index (χ3n) is 4.22. The predicted octanol–water partition coefficient (Wildman–Crippen LogP) is 1.39. The molecule has 1 aliphatic rings. The molecule has 6 heteroatoms. The van der Waals surface area contributed by atoms with Crippen LogP contribution in [0.3, 0.4) is 0 Å². The van der Waals surface area contributed by atoms with E-state index in [-0.39, 0.29) is 29.6 Å². The van der Waals surface area contributed by atoms with Gasteiger partial charge in [-0.25, -0.2) is 0 Å². The molecule has 0 radical (unpaired) electrons. The van der Waals surface area contributed by atoms with Crippen molar-refractivity contribution < 1.29 is 14.4 Å². The summed E-state index contributed by atoms with van der Waals surface area (Å²) in [4.78, 5) is 36.2. The Morgan fingerprint density at radius 2 is 1.64 bits per heavy atom. The fourth-order valence-corrected chi connectivity index (χ4v) is 2.44. The summed E-state index contributed by atoms with van der Waals surface area (Å²) in [5.41, 5.74) is 1.60. The normalized spacial score (nSPS) is 14.7. The lowest BCUT2D eigenvalue weighted by molar-refractivity contribution is -0.125. The van der Waals surface area contributed by atoms with Crippen molar-refractivity contribution in [3.05, 3.63) is 35.4 Å². The maximum absolute atomic E-state index is 12.4. The molecule has 0 bridgehead atoms. The summed E-state index contributed by atoms with van der Waals surface area (Å²) in [5.74, 6) is -0.335. The largest absolute Gasteiger partial charge is 0.354 e. The molecule has 136 valence electrons. The number of hydrogen-bond acceptors (Lipinski definition) is 3. The van der Waals surface area contributed by atoms with Crippen molar-refractivity contribution in [1.29, 1.82) is 0 Å². The number of benzene rings is 1. The first kappa shape index (κ1) is 19.0. The van der Waals surface area contributed by atoms with E-state index < -0.39 is 6.04 Å². The number of carbonyl (C=O) groups excluding carboxylic acids is 3. The molecule has 0 aromatic heterocycles. The molecule has 1 atom stereocenters. The van der Waals surface area contributed by atoms with Crippen LogP contribution in [0, 0.1) is 18.8 Å². The van der Waals surface area contributed by atoms with Crippen LogP contribution < -0.4 is 16.0 Å². The molecule has 0 heterocycles. The Kier molecular flexibility index (Phi) is 6.56. The van der Waals surface area contributed by atoms with E-state index in [4.69, 9.17) is 0 Å². The smallest absolute Gasteiger partial charge is 0.251 e. The lowest BCUT2D eigenvalue weighted by Crippen LogP contribution is -2.50. The van der Waals surface area contributed by atoms with Crippen molar-refractivity contribution in [2.45, 2.75) is 39.7 Å². The quantitative estimate of drug-likeness (QED) is 0.622. The van der Waals surface area contributed by atoms with Gasteiger partial charge in [-0.3, -0.25) is 14.4 Å². The van der Waals surface area contributed by atoms with E-state index in [9.17, 15) is 14.4 Å². The minimum absolute atomic E-state index is 0.0459. The van der Waals surface area contributed by atoms with Gasteiger partial charge in [-0.2, -0.15) is 0 Å². The van der Waals surface area contributed by atoms with Crippen LogP contribution in [-0.4, -0.2) is 36.9 Å². The second-order valence-corrected chi connectivity index (χ2v) is 6.92. The molecule has 1 unspecified atom stereocenters. The first-order valence-corrected chi connectivity index (χ1v) is 8.81. The first-order chi connectivity index (χ1) is 11.9. The van der Waals surface area contributed by atoms with Crippen LogP contribution in [0.5, 0.6) is 0 Å². The van der Waals surface area contributed by atoms with Gasteiger partial charge in [0.05, 0.1) is 0 Å². The molecular weight excluding hydrogens is 318 g/mol. The van der Waals surface area contributed by atoms with E-state index in [1.807, 2.05) is 32.9 Å². The van der Waals surface area contributed by atoms with E-state index in [1.165, 1.54) is 0 Å². The zero-order valence-corrected chi connectivity index (χ0v) is 15.1. The van der Waals surface area contributed by atoms with E-state index >= 15 is 0 Å². The summed E-state index contributed by atoms with van der Waals surface area (Å²) in [6.07, 6.45) is 1.91. The number of hydrogen-bond donors (Lipinski definition) is 3. The van der Waals surface area contributed by atoms with E-state index in [0.717, 1.165) is 18.4 Å². The standard InChI is InChI=1S/C19H27N3O3/c1-12(2)16(22-18(24)15-6-4-13(3)5-7-15)19(25)21-11-10-20-17(23)14-8-9-14/h4-7,12,14,16H,8-11H2,1-3H3,(H,20,23)(H,21,25)(H,22,24). The average molecular weight is 345 g/mol. The van der Waals surface area contributed by atoms with Gasteiger partial charge < -0.3 is 16.0 Å². The lowest BCUT2D eigenvalue weighted by atomic mass is 10.0. The lowest BCUT2D eigenvalue weighted by Gasteiger charge is -2.22. The number of rotatable bonds is 8. The fraction of sp³-hybridized carbons (Fsp3) is 0.526. The predicted molar refractivity (Wildman–Crippen MR) is 96.0 cm³/mol. The van der Waals surface area contributed by atoms with Gasteiger partial charge in [-0.1, -0.05) is 31.5 Å². The zero-order valence-electron chi connectivity index (χ0n) is 15.1. The summed E-state index contributed by atoms with van der Waals surface area (Å²) < 4.78 is 0. The molecule has 25 heavy (non-hydrogen) atoms. The average Bonchev–Trinajstić information content (AvgIpc) is 3.41. The number of aryl methyl sites for hydroxylation is 1. The van der Waals surface area contributed by atoms with Crippen LogP contribution >= 0.6 is 0 Å². The van der Waals surface area contributed by atoms with E-state index in [2.05, 4.69) is 16.0 Å². The highest BCUT2D eigenvalue weighted by molar-refractivity contribution is 5.97. The Bertz CT molecular complexity index is 621. The van der Waals surface area contributed by atoms with Crippen LogP contribution in [0.15, 0.2) is 24.3 Å². The molecule has 1 aromatic carbocycles. The maximum atomic E-state index is 12.4. The Labute approximate surface area is 148 Å². The molecule has 0 spiro atoms. The maximum Gasteiger partial charge on any atom is 0.251 e. The van der Waals surface area contributed by atoms with Gasteiger partial charge in [0.15, 0.2) is 0 Å². The third-order valence-corrected chi connectivity index (χ3v) is 4.22. The molecule has 2 rings (SSSR count). The highest BCUT2D eigenvalue weighted by atomic mass is 16.2. The second-order valence-electron chi connectivity index (χ2n) is 6.92. The molecule has 3 N–H and O–H groups in total. The number of nitrogens with one attached hydrogen (secondary N) is 3. The molecule has 1 aromatic rings. The van der Waals surface area contributed by atoms with Crippen molar-refractivity contribution in [2.75, 3.05) is 13.1 Å². The summed E-state index contributed by atoms with van der Waals surface area (Å²) >= 11 is 0. The SMILES string of the molecule is Cc1ccc(C(=O)NC(C(=O)NCCNC(=O)C2CC2)C(C)C)cc1. The van der Waals surface area contributed by atoms with Crippen molar-refractivity contribution in [3.63, 3.8) is 0 Å². The van der Waals surface area contributed by atoms with Crippen LogP contribution in [0.25, 0.3) is 0 Å². The third kappa shape index (κ3) is 5.89. The van der Waals surface area contributed by atoms with E-state index in [0.29, 0.717) is 18.7 Å². The Hall–Kier alpha value is -2.37. The molecule has 3 amide bonds. The van der Waals surface area contributed by atoms with Gasteiger partial charge in [0.1, 0.15) is 6.04 Å². The second kappa shape index (κ2) is 8.65. The van der Waals surface area contributed by atoms with Crippen molar-refractivity contribution in [1.82, 2.24) is 16.0 Å². The summed E-state index contributed by atoms with van der Waals surface area (Å²) in [7, 11) is 0. The summed E-state index contributed by atoms with van der Waals surface area (Å²) in [6.45, 7) is 6.47. The van der Waals surface area contributed by atoms with Crippen LogP contribution in [0.2, 0.25) is 0 Å². The van der Waals surface area contributed by atoms with Gasteiger partial charge in [0, 0.05) is 24.6 Å². The monoisotopic (exact) mass is 345 g/mol. The Morgan fingerprint density at radius 3 is 2.20 bits per heavy atom.